The number of rotatable bonds is 8. The third kappa shape index (κ3) is 4.04. The van der Waals surface area contributed by atoms with Crippen molar-refractivity contribution in [3.63, 3.8) is 0 Å². The van der Waals surface area contributed by atoms with Crippen LogP contribution in [0.3, 0.4) is 0 Å². The van der Waals surface area contributed by atoms with Gasteiger partial charge in [-0.15, -0.1) is 23.1 Å². The molecular weight excluding hydrogens is 418 g/mol. The van der Waals surface area contributed by atoms with E-state index in [-0.39, 0.29) is 16.5 Å². The molecule has 2 aliphatic heterocycles. The number of aromatic nitrogens is 1. The fourth-order valence-electron chi connectivity index (χ4n) is 3.28. The predicted molar refractivity (Wildman–Crippen MR) is 110 cm³/mol. The Labute approximate surface area is 175 Å². The molecule has 0 unspecified atom stereocenters. The normalized spacial score (nSPS) is 25.3. The maximum absolute atomic E-state index is 12.8. The van der Waals surface area contributed by atoms with E-state index in [1.165, 1.54) is 16.7 Å². The number of thiazole rings is 1. The molecule has 3 rings (SSSR count). The topological polar surface area (TPSA) is 147 Å². The number of nitrogen functional groups attached to an aromatic ring is 1. The van der Waals surface area contributed by atoms with Gasteiger partial charge in [0.05, 0.1) is 0 Å². The lowest BCUT2D eigenvalue weighted by Crippen LogP contribution is -2.71. The molecule has 158 valence electrons. The number of nitrogens with two attached hydrogens (primary N) is 1. The van der Waals surface area contributed by atoms with Crippen LogP contribution in [0.1, 0.15) is 39.3 Å². The van der Waals surface area contributed by atoms with Gasteiger partial charge in [0, 0.05) is 10.1 Å². The number of hydrogen-bond donors (Lipinski definition) is 3. The molecule has 10 nitrogen and oxygen atoms in total. The third-order valence-corrected chi connectivity index (χ3v) is 6.93. The number of amides is 2. The first kappa shape index (κ1) is 21.4. The lowest BCUT2D eigenvalue weighted by atomic mass is 9.96. The molecule has 0 aromatic carbocycles. The number of carboxylic acids is 1. The monoisotopic (exact) mass is 441 g/mol. The molecule has 2 aliphatic rings. The van der Waals surface area contributed by atoms with Gasteiger partial charge in [-0.3, -0.25) is 9.59 Å². The van der Waals surface area contributed by atoms with E-state index in [2.05, 4.69) is 15.5 Å². The second-order valence-corrected chi connectivity index (χ2v) is 9.91. The van der Waals surface area contributed by atoms with Crippen LogP contribution in [0, 0.1) is 0 Å². The van der Waals surface area contributed by atoms with Crippen LogP contribution in [-0.4, -0.2) is 67.3 Å². The number of carbonyl (C=O) groups excluding carboxylic acids is 2. The zero-order valence-electron chi connectivity index (χ0n) is 16.2. The van der Waals surface area contributed by atoms with Crippen molar-refractivity contribution in [1.29, 1.82) is 0 Å². The number of aliphatic carboxylic acids is 1. The van der Waals surface area contributed by atoms with Crippen molar-refractivity contribution >= 4 is 51.7 Å². The maximum atomic E-state index is 12.8. The molecule has 3 atom stereocenters. The fraction of sp³-hybridized carbons (Fsp3) is 0.588. The summed E-state index contributed by atoms with van der Waals surface area (Å²) in [6.45, 7) is 5.89. The Hall–Kier alpha value is -2.34. The zero-order valence-corrected chi connectivity index (χ0v) is 17.9. The molecule has 2 saturated heterocycles. The Morgan fingerprint density at radius 3 is 2.79 bits per heavy atom. The Kier molecular flexibility index (Phi) is 6.03. The summed E-state index contributed by atoms with van der Waals surface area (Å²) in [6, 6.07) is -1.78. The van der Waals surface area contributed by atoms with Gasteiger partial charge in [0.2, 0.25) is 5.91 Å². The van der Waals surface area contributed by atoms with E-state index in [1.54, 1.807) is 19.2 Å². The molecule has 29 heavy (non-hydrogen) atoms. The van der Waals surface area contributed by atoms with Crippen LogP contribution in [0.25, 0.3) is 0 Å². The number of nitrogens with zero attached hydrogens (tertiary/aromatic N) is 3. The van der Waals surface area contributed by atoms with Gasteiger partial charge in [0.15, 0.2) is 10.8 Å². The average Bonchev–Trinajstić information content (AvgIpc) is 3.18. The SMILES string of the molecule is CCCCO/N=C(\C(=O)N[C@H]1C(=O)N2[C@@H]1SC(C)(C)[C@@H]2C(=O)O)c1csc(N)n1. The number of oxime groups is 1. The van der Waals surface area contributed by atoms with Crippen molar-refractivity contribution in [2.24, 2.45) is 5.16 Å². The molecular formula is C17H23N5O5S2. The standard InChI is InChI=1S/C17H23N5O5S2/c1-4-5-6-27-21-9(8-7-28-16(18)19-8)12(23)20-10-13(24)22-11(15(25)26)17(2,3)29-14(10)22/h7,10-11,14H,4-6H2,1-3H3,(H2,18,19)(H,20,23)(H,25,26)/b21-9-/t10-,11-,14+/m0/s1. The summed E-state index contributed by atoms with van der Waals surface area (Å²) in [5, 5.41) is 17.5. The van der Waals surface area contributed by atoms with Gasteiger partial charge < -0.3 is 25.9 Å². The van der Waals surface area contributed by atoms with Crippen LogP contribution in [0.4, 0.5) is 5.13 Å². The average molecular weight is 442 g/mol. The van der Waals surface area contributed by atoms with Crippen molar-refractivity contribution in [3.8, 4) is 0 Å². The summed E-state index contributed by atoms with van der Waals surface area (Å²) >= 11 is 2.51. The lowest BCUT2D eigenvalue weighted by Gasteiger charge is -2.43. The van der Waals surface area contributed by atoms with Gasteiger partial charge in [-0.25, -0.2) is 9.78 Å². The molecule has 0 saturated carbocycles. The number of hydrogen-bond acceptors (Lipinski definition) is 9. The minimum atomic E-state index is -1.06. The Balaban J connectivity index is 1.75. The number of nitrogens with one attached hydrogen (secondary N) is 1. The highest BCUT2D eigenvalue weighted by Gasteiger charge is 2.64. The molecule has 0 radical (unpaired) electrons. The second kappa shape index (κ2) is 8.19. The summed E-state index contributed by atoms with van der Waals surface area (Å²) in [7, 11) is 0. The molecule has 0 spiro atoms. The molecule has 1 aromatic heterocycles. The molecule has 2 fully saturated rings. The number of carboxylic acid groups (broad SMARTS) is 1. The van der Waals surface area contributed by atoms with Gasteiger partial charge in [-0.1, -0.05) is 18.5 Å². The Morgan fingerprint density at radius 1 is 1.48 bits per heavy atom. The predicted octanol–water partition coefficient (Wildman–Crippen LogP) is 0.878. The summed E-state index contributed by atoms with van der Waals surface area (Å²) in [4.78, 5) is 47.6. The third-order valence-electron chi connectivity index (χ3n) is 4.69. The molecule has 12 heteroatoms. The summed E-state index contributed by atoms with van der Waals surface area (Å²) in [5.74, 6) is -2.12. The zero-order chi connectivity index (χ0) is 21.3. The molecule has 0 aliphatic carbocycles. The van der Waals surface area contributed by atoms with Crippen LogP contribution in [0.5, 0.6) is 0 Å². The molecule has 3 heterocycles. The highest BCUT2D eigenvalue weighted by atomic mass is 32.2. The van der Waals surface area contributed by atoms with Crippen molar-refractivity contribution in [1.82, 2.24) is 15.2 Å². The van der Waals surface area contributed by atoms with Crippen molar-refractivity contribution in [3.05, 3.63) is 11.1 Å². The van der Waals surface area contributed by atoms with Crippen molar-refractivity contribution < 1.29 is 24.3 Å². The first-order chi connectivity index (χ1) is 13.7. The quantitative estimate of drug-likeness (QED) is 0.233. The fourth-order valence-corrected chi connectivity index (χ4v) is 5.45. The Morgan fingerprint density at radius 2 is 2.21 bits per heavy atom. The largest absolute Gasteiger partial charge is 0.480 e. The first-order valence-electron chi connectivity index (χ1n) is 9.12. The van der Waals surface area contributed by atoms with Gasteiger partial charge in [0.1, 0.15) is 29.8 Å². The molecule has 0 bridgehead atoms. The minimum Gasteiger partial charge on any atom is -0.480 e. The van der Waals surface area contributed by atoms with E-state index in [0.29, 0.717) is 6.61 Å². The highest BCUT2D eigenvalue weighted by Crippen LogP contribution is 2.50. The van der Waals surface area contributed by atoms with Crippen LogP contribution in [0.15, 0.2) is 10.5 Å². The molecule has 1 aromatic rings. The van der Waals surface area contributed by atoms with Gasteiger partial charge in [-0.05, 0) is 20.3 Å². The van der Waals surface area contributed by atoms with Crippen LogP contribution in [-0.2, 0) is 19.2 Å². The van der Waals surface area contributed by atoms with Gasteiger partial charge in [-0.2, -0.15) is 0 Å². The summed E-state index contributed by atoms with van der Waals surface area (Å²) in [5.41, 5.74) is 5.84. The Bertz CT molecular complexity index is 855. The van der Waals surface area contributed by atoms with Gasteiger partial charge >= 0.3 is 5.97 Å². The van der Waals surface area contributed by atoms with E-state index in [1.807, 2.05) is 6.92 Å². The van der Waals surface area contributed by atoms with E-state index in [9.17, 15) is 19.5 Å². The number of fused-ring (bicyclic) bond motifs is 1. The number of carbonyl (C=O) groups is 3. The number of β-lactam (4-membered cyclic amide) rings is 1. The van der Waals surface area contributed by atoms with Crippen LogP contribution >= 0.6 is 23.1 Å². The van der Waals surface area contributed by atoms with E-state index in [0.717, 1.165) is 24.2 Å². The van der Waals surface area contributed by atoms with E-state index in [4.69, 9.17) is 10.6 Å². The molecule has 4 N–H and O–H groups in total. The molecule has 2 amide bonds. The lowest BCUT2D eigenvalue weighted by molar-refractivity contribution is -0.160. The number of thioether (sulfide) groups is 1. The van der Waals surface area contributed by atoms with E-state index >= 15 is 0 Å². The van der Waals surface area contributed by atoms with Gasteiger partial charge in [0.25, 0.3) is 5.91 Å². The first-order valence-corrected chi connectivity index (χ1v) is 10.9. The smallest absolute Gasteiger partial charge is 0.327 e. The van der Waals surface area contributed by atoms with Crippen molar-refractivity contribution in [2.75, 3.05) is 12.3 Å². The van der Waals surface area contributed by atoms with Crippen LogP contribution in [0.2, 0.25) is 0 Å². The number of anilines is 1. The van der Waals surface area contributed by atoms with E-state index < -0.39 is 40.0 Å². The summed E-state index contributed by atoms with van der Waals surface area (Å²) < 4.78 is -0.671. The highest BCUT2D eigenvalue weighted by molar-refractivity contribution is 8.01. The second-order valence-electron chi connectivity index (χ2n) is 7.25. The van der Waals surface area contributed by atoms with Crippen LogP contribution < -0.4 is 11.1 Å². The summed E-state index contributed by atoms with van der Waals surface area (Å²) in [6.07, 6.45) is 1.69. The number of unbranched alkanes of at least 4 members (excludes halogenated alkanes) is 1. The van der Waals surface area contributed by atoms with Crippen molar-refractivity contribution in [2.45, 2.75) is 55.8 Å². The maximum Gasteiger partial charge on any atom is 0.327 e. The minimum absolute atomic E-state index is 0.0719.